The number of hydrogen-bond donors (Lipinski definition) is 1. The van der Waals surface area contributed by atoms with Crippen molar-refractivity contribution in [2.75, 3.05) is 12.4 Å². The van der Waals surface area contributed by atoms with Crippen molar-refractivity contribution in [3.63, 3.8) is 0 Å². The zero-order chi connectivity index (χ0) is 17.3. The molecule has 1 amide bonds. The Balaban J connectivity index is 1.93. The molecule has 0 atom stereocenters. The monoisotopic (exact) mass is 365 g/mol. The summed E-state index contributed by atoms with van der Waals surface area (Å²) in [4.78, 5) is 30.2. The van der Waals surface area contributed by atoms with E-state index in [9.17, 15) is 9.59 Å². The van der Waals surface area contributed by atoms with Crippen molar-refractivity contribution in [1.82, 2.24) is 19.7 Å². The zero-order valence-electron chi connectivity index (χ0n) is 13.3. The first-order valence-corrected chi connectivity index (χ1v) is 8.79. The van der Waals surface area contributed by atoms with Gasteiger partial charge in [-0.05, 0) is 19.4 Å². The molecule has 0 aromatic carbocycles. The largest absolute Gasteiger partial charge is 0.377 e. The van der Waals surface area contributed by atoms with Crippen LogP contribution in [0.2, 0.25) is 0 Å². The van der Waals surface area contributed by atoms with E-state index in [1.807, 2.05) is 6.92 Å². The first kappa shape index (κ1) is 16.7. The quantitative estimate of drug-likeness (QED) is 0.743. The third kappa shape index (κ3) is 2.95. The lowest BCUT2D eigenvalue weighted by Gasteiger charge is -2.00. The van der Waals surface area contributed by atoms with E-state index in [1.165, 1.54) is 33.6 Å². The Kier molecular flexibility index (Phi) is 4.69. The highest BCUT2D eigenvalue weighted by Gasteiger charge is 2.20. The highest BCUT2D eigenvalue weighted by atomic mass is 32.1. The normalized spacial score (nSPS) is 11.1. The molecule has 0 aliphatic heterocycles. The van der Waals surface area contributed by atoms with E-state index in [2.05, 4.69) is 20.5 Å². The maximum atomic E-state index is 12.5. The fourth-order valence-corrected chi connectivity index (χ4v) is 3.98. The van der Waals surface area contributed by atoms with Gasteiger partial charge in [-0.25, -0.2) is 4.98 Å². The summed E-state index contributed by atoms with van der Waals surface area (Å²) < 4.78 is 6.50. The lowest BCUT2D eigenvalue weighted by Crippen LogP contribution is -2.19. The average molecular weight is 365 g/mol. The highest BCUT2D eigenvalue weighted by molar-refractivity contribution is 7.21. The number of carbonyl (C=O) groups is 1. The lowest BCUT2D eigenvalue weighted by molar-refractivity contribution is 0.103. The van der Waals surface area contributed by atoms with Crippen molar-refractivity contribution in [2.45, 2.75) is 27.0 Å². The summed E-state index contributed by atoms with van der Waals surface area (Å²) in [6, 6.07) is 0. The van der Waals surface area contributed by atoms with Crippen molar-refractivity contribution < 1.29 is 9.53 Å². The second kappa shape index (κ2) is 6.75. The van der Waals surface area contributed by atoms with Crippen LogP contribution in [0.1, 0.15) is 27.2 Å². The van der Waals surface area contributed by atoms with Crippen LogP contribution in [0.25, 0.3) is 10.2 Å². The number of ether oxygens (including phenoxy) is 1. The fraction of sp³-hybridized carbons (Fsp3) is 0.357. The summed E-state index contributed by atoms with van der Waals surface area (Å²) in [5, 5.41) is 12.1. The topological polar surface area (TPSA) is 99.0 Å². The molecule has 3 heterocycles. The van der Waals surface area contributed by atoms with Gasteiger partial charge in [0.1, 0.15) is 16.4 Å². The molecule has 0 aliphatic rings. The molecule has 0 unspecified atom stereocenters. The average Bonchev–Trinajstić information content (AvgIpc) is 3.13. The molecule has 0 saturated carbocycles. The molecule has 126 valence electrons. The van der Waals surface area contributed by atoms with E-state index in [0.717, 1.165) is 0 Å². The number of aromatic nitrogens is 4. The van der Waals surface area contributed by atoms with Gasteiger partial charge in [-0.15, -0.1) is 21.5 Å². The SMILES string of the molecule is CCn1cnc2sc(C(=O)Nc3nnc(COC)s3)c(C)c2c1=O. The number of carbonyl (C=O) groups excluding carboxylic acids is 1. The number of nitrogens with one attached hydrogen (secondary N) is 1. The summed E-state index contributed by atoms with van der Waals surface area (Å²) in [5.74, 6) is -0.321. The molecule has 24 heavy (non-hydrogen) atoms. The fourth-order valence-electron chi connectivity index (χ4n) is 2.24. The number of hydrogen-bond acceptors (Lipinski definition) is 8. The highest BCUT2D eigenvalue weighted by Crippen LogP contribution is 2.28. The summed E-state index contributed by atoms with van der Waals surface area (Å²) in [7, 11) is 1.57. The molecule has 0 bridgehead atoms. The van der Waals surface area contributed by atoms with Crippen molar-refractivity contribution in [3.05, 3.63) is 32.1 Å². The predicted molar refractivity (Wildman–Crippen MR) is 92.9 cm³/mol. The summed E-state index contributed by atoms with van der Waals surface area (Å²) in [6.07, 6.45) is 1.50. The Labute approximate surface area is 145 Å². The Morgan fingerprint density at radius 2 is 2.17 bits per heavy atom. The van der Waals surface area contributed by atoms with Crippen molar-refractivity contribution in [2.24, 2.45) is 0 Å². The first-order valence-electron chi connectivity index (χ1n) is 7.16. The molecule has 3 rings (SSSR count). The maximum Gasteiger partial charge on any atom is 0.267 e. The van der Waals surface area contributed by atoms with Crippen molar-refractivity contribution >= 4 is 43.9 Å². The first-order chi connectivity index (χ1) is 11.5. The minimum atomic E-state index is -0.321. The summed E-state index contributed by atoms with van der Waals surface area (Å²) in [6.45, 7) is 4.51. The number of fused-ring (bicyclic) bond motifs is 1. The minimum Gasteiger partial charge on any atom is -0.377 e. The minimum absolute atomic E-state index is 0.131. The molecule has 3 aromatic rings. The van der Waals surface area contributed by atoms with Gasteiger partial charge in [0.05, 0.1) is 16.6 Å². The molecule has 8 nitrogen and oxygen atoms in total. The molecule has 10 heteroatoms. The number of aryl methyl sites for hydroxylation is 2. The second-order valence-electron chi connectivity index (χ2n) is 4.96. The van der Waals surface area contributed by atoms with Crippen LogP contribution in [0.15, 0.2) is 11.1 Å². The third-order valence-corrected chi connectivity index (χ3v) is 5.43. The van der Waals surface area contributed by atoms with Crippen LogP contribution in [0.5, 0.6) is 0 Å². The van der Waals surface area contributed by atoms with Crippen LogP contribution < -0.4 is 10.9 Å². The van der Waals surface area contributed by atoms with Crippen LogP contribution >= 0.6 is 22.7 Å². The molecule has 0 saturated heterocycles. The third-order valence-electron chi connectivity index (χ3n) is 3.42. The molecular weight excluding hydrogens is 350 g/mol. The molecule has 0 spiro atoms. The van der Waals surface area contributed by atoms with E-state index >= 15 is 0 Å². The standard InChI is InChI=1S/C14H15N5O3S2/c1-4-19-6-15-12-9(13(19)21)7(2)10(24-12)11(20)16-14-18-17-8(23-14)5-22-3/h6H,4-5H2,1-3H3,(H,16,18,20). The Hall–Kier alpha value is -2.17. The second-order valence-corrected chi connectivity index (χ2v) is 7.02. The van der Waals surface area contributed by atoms with Crippen LogP contribution in [0, 0.1) is 6.92 Å². The number of rotatable bonds is 5. The van der Waals surface area contributed by atoms with E-state index < -0.39 is 0 Å². The van der Waals surface area contributed by atoms with Gasteiger partial charge in [0.25, 0.3) is 11.5 Å². The number of thiophene rings is 1. The van der Waals surface area contributed by atoms with Crippen LogP contribution in [-0.4, -0.2) is 32.8 Å². The molecule has 0 aliphatic carbocycles. The molecular formula is C14H15N5O3S2. The molecule has 0 radical (unpaired) electrons. The number of anilines is 1. The lowest BCUT2D eigenvalue weighted by atomic mass is 10.2. The smallest absolute Gasteiger partial charge is 0.267 e. The summed E-state index contributed by atoms with van der Waals surface area (Å²) >= 11 is 2.44. The molecule has 1 N–H and O–H groups in total. The van der Waals surface area contributed by atoms with Gasteiger partial charge in [-0.3, -0.25) is 19.5 Å². The van der Waals surface area contributed by atoms with Gasteiger partial charge in [0, 0.05) is 13.7 Å². The van der Waals surface area contributed by atoms with E-state index in [0.29, 0.717) is 43.9 Å². The van der Waals surface area contributed by atoms with Crippen LogP contribution in [0.4, 0.5) is 5.13 Å². The van der Waals surface area contributed by atoms with Gasteiger partial charge in [0.15, 0.2) is 0 Å². The molecule has 3 aromatic heterocycles. The van der Waals surface area contributed by atoms with E-state index in [1.54, 1.807) is 14.0 Å². The van der Waals surface area contributed by atoms with Gasteiger partial charge < -0.3 is 4.74 Å². The van der Waals surface area contributed by atoms with Gasteiger partial charge >= 0.3 is 0 Å². The van der Waals surface area contributed by atoms with E-state index in [4.69, 9.17) is 4.74 Å². The zero-order valence-corrected chi connectivity index (χ0v) is 15.0. The Bertz CT molecular complexity index is 959. The van der Waals surface area contributed by atoms with Crippen molar-refractivity contribution in [3.8, 4) is 0 Å². The van der Waals surface area contributed by atoms with Crippen LogP contribution in [-0.2, 0) is 17.9 Å². The van der Waals surface area contributed by atoms with Crippen LogP contribution in [0.3, 0.4) is 0 Å². The van der Waals surface area contributed by atoms with E-state index in [-0.39, 0.29) is 11.5 Å². The predicted octanol–water partition coefficient (Wildman–Crippen LogP) is 2.04. The maximum absolute atomic E-state index is 12.5. The van der Waals surface area contributed by atoms with Gasteiger partial charge in [-0.2, -0.15) is 0 Å². The van der Waals surface area contributed by atoms with Gasteiger partial charge in [0.2, 0.25) is 5.13 Å². The summed E-state index contributed by atoms with van der Waals surface area (Å²) in [5.41, 5.74) is 0.503. The van der Waals surface area contributed by atoms with Gasteiger partial charge in [-0.1, -0.05) is 11.3 Å². The molecule has 0 fully saturated rings. The number of nitrogens with zero attached hydrogens (tertiary/aromatic N) is 4. The number of amides is 1. The Morgan fingerprint density at radius 1 is 1.38 bits per heavy atom. The van der Waals surface area contributed by atoms with Crippen molar-refractivity contribution in [1.29, 1.82) is 0 Å². The Morgan fingerprint density at radius 3 is 2.88 bits per heavy atom. The number of methoxy groups -OCH3 is 1.